The Kier molecular flexibility index (Phi) is 7.39. The van der Waals surface area contributed by atoms with Gasteiger partial charge in [-0.15, -0.1) is 0 Å². The fourth-order valence-corrected chi connectivity index (χ4v) is 3.01. The number of likely N-dealkylation sites (tertiary alicyclic amines) is 1. The van der Waals surface area contributed by atoms with E-state index in [1.165, 1.54) is 13.0 Å². The normalized spacial score (nSPS) is 19.4. The molecule has 112 valence electrons. The molecular formula is C15H31N3O. The molecule has 19 heavy (non-hydrogen) atoms. The first-order chi connectivity index (χ1) is 9.13. The highest BCUT2D eigenvalue weighted by molar-refractivity contribution is 5.79. The van der Waals surface area contributed by atoms with Gasteiger partial charge in [0.2, 0.25) is 5.91 Å². The van der Waals surface area contributed by atoms with Crippen LogP contribution in [0.2, 0.25) is 0 Å². The molecule has 0 aromatic heterocycles. The summed E-state index contributed by atoms with van der Waals surface area (Å²) in [5, 5.41) is 0. The maximum Gasteiger partial charge on any atom is 0.226 e. The number of carbonyl (C=O) groups excluding carboxylic acids is 1. The van der Waals surface area contributed by atoms with E-state index in [1.807, 2.05) is 11.9 Å². The molecule has 2 N–H and O–H groups in total. The van der Waals surface area contributed by atoms with Gasteiger partial charge in [0.1, 0.15) is 0 Å². The molecule has 1 aliphatic rings. The SMILES string of the molecule is CCCC(CN)C(=O)N(C)C1CCN(CCC)CC1. The molecular weight excluding hydrogens is 238 g/mol. The topological polar surface area (TPSA) is 49.6 Å². The lowest BCUT2D eigenvalue weighted by molar-refractivity contribution is -0.137. The van der Waals surface area contributed by atoms with Crippen molar-refractivity contribution in [2.75, 3.05) is 33.2 Å². The van der Waals surface area contributed by atoms with Crippen LogP contribution in [-0.4, -0.2) is 55.0 Å². The fourth-order valence-electron chi connectivity index (χ4n) is 3.01. The lowest BCUT2D eigenvalue weighted by Crippen LogP contribution is -2.48. The standard InChI is InChI=1S/C15H31N3O/c1-4-6-13(12-16)15(19)17(3)14-7-10-18(9-5-2)11-8-14/h13-14H,4-12,16H2,1-3H3. The summed E-state index contributed by atoms with van der Waals surface area (Å²) >= 11 is 0. The number of carbonyl (C=O) groups is 1. The average Bonchev–Trinajstić information content (AvgIpc) is 2.44. The van der Waals surface area contributed by atoms with Crippen molar-refractivity contribution in [3.05, 3.63) is 0 Å². The number of rotatable bonds is 7. The Balaban J connectivity index is 2.45. The smallest absolute Gasteiger partial charge is 0.226 e. The summed E-state index contributed by atoms with van der Waals surface area (Å²) in [4.78, 5) is 16.9. The minimum absolute atomic E-state index is 0.0173. The predicted molar refractivity (Wildman–Crippen MR) is 80.0 cm³/mol. The van der Waals surface area contributed by atoms with Gasteiger partial charge in [-0.2, -0.15) is 0 Å². The summed E-state index contributed by atoms with van der Waals surface area (Å²) in [5.74, 6) is 0.266. The predicted octanol–water partition coefficient (Wildman–Crippen LogP) is 1.69. The molecule has 1 aliphatic heterocycles. The van der Waals surface area contributed by atoms with Crippen molar-refractivity contribution in [2.24, 2.45) is 11.7 Å². The zero-order valence-electron chi connectivity index (χ0n) is 12.9. The van der Waals surface area contributed by atoms with Crippen molar-refractivity contribution in [3.63, 3.8) is 0 Å². The van der Waals surface area contributed by atoms with E-state index < -0.39 is 0 Å². The molecule has 1 rings (SSSR count). The van der Waals surface area contributed by atoms with Crippen molar-refractivity contribution in [1.29, 1.82) is 0 Å². The van der Waals surface area contributed by atoms with E-state index in [1.54, 1.807) is 0 Å². The van der Waals surface area contributed by atoms with E-state index in [2.05, 4.69) is 18.7 Å². The van der Waals surface area contributed by atoms with Crippen LogP contribution < -0.4 is 5.73 Å². The van der Waals surface area contributed by atoms with E-state index in [0.29, 0.717) is 12.6 Å². The lowest BCUT2D eigenvalue weighted by atomic mass is 9.98. The number of piperidine rings is 1. The van der Waals surface area contributed by atoms with E-state index in [-0.39, 0.29) is 11.8 Å². The van der Waals surface area contributed by atoms with Gasteiger partial charge in [-0.1, -0.05) is 20.3 Å². The van der Waals surface area contributed by atoms with Crippen LogP contribution in [0.3, 0.4) is 0 Å². The van der Waals surface area contributed by atoms with Crippen molar-refractivity contribution in [1.82, 2.24) is 9.80 Å². The second-order valence-corrected chi connectivity index (χ2v) is 5.74. The summed E-state index contributed by atoms with van der Waals surface area (Å²) < 4.78 is 0. The molecule has 1 amide bonds. The molecule has 4 heteroatoms. The zero-order valence-corrected chi connectivity index (χ0v) is 12.9. The van der Waals surface area contributed by atoms with Gasteiger partial charge in [0.15, 0.2) is 0 Å². The third kappa shape index (κ3) is 4.77. The molecule has 0 aromatic carbocycles. The molecule has 1 fully saturated rings. The van der Waals surface area contributed by atoms with Crippen LogP contribution in [0, 0.1) is 5.92 Å². The number of nitrogens with zero attached hydrogens (tertiary/aromatic N) is 2. The second kappa shape index (κ2) is 8.54. The first-order valence-corrected chi connectivity index (χ1v) is 7.83. The quantitative estimate of drug-likeness (QED) is 0.765. The van der Waals surface area contributed by atoms with E-state index in [9.17, 15) is 4.79 Å². The highest BCUT2D eigenvalue weighted by Crippen LogP contribution is 2.18. The molecule has 0 aromatic rings. The van der Waals surface area contributed by atoms with Gasteiger partial charge in [0.25, 0.3) is 0 Å². The minimum atomic E-state index is 0.0173. The van der Waals surface area contributed by atoms with Crippen LogP contribution in [-0.2, 0) is 4.79 Å². The Morgan fingerprint density at radius 3 is 2.42 bits per heavy atom. The Bertz CT molecular complexity index is 262. The summed E-state index contributed by atoms with van der Waals surface area (Å²) in [6.45, 7) is 8.24. The summed E-state index contributed by atoms with van der Waals surface area (Å²) in [6, 6.07) is 0.409. The van der Waals surface area contributed by atoms with Gasteiger partial charge in [-0.05, 0) is 32.2 Å². The van der Waals surface area contributed by atoms with Crippen molar-refractivity contribution in [2.45, 2.75) is 52.0 Å². The summed E-state index contributed by atoms with van der Waals surface area (Å²) in [6.07, 6.45) is 5.35. The Morgan fingerprint density at radius 1 is 1.32 bits per heavy atom. The minimum Gasteiger partial charge on any atom is -0.342 e. The van der Waals surface area contributed by atoms with Crippen molar-refractivity contribution in [3.8, 4) is 0 Å². The third-order valence-electron chi connectivity index (χ3n) is 4.26. The monoisotopic (exact) mass is 269 g/mol. The highest BCUT2D eigenvalue weighted by atomic mass is 16.2. The first-order valence-electron chi connectivity index (χ1n) is 7.83. The molecule has 1 saturated heterocycles. The van der Waals surface area contributed by atoms with Crippen LogP contribution in [0.5, 0.6) is 0 Å². The molecule has 0 spiro atoms. The number of hydrogen-bond donors (Lipinski definition) is 1. The van der Waals surface area contributed by atoms with E-state index in [0.717, 1.165) is 38.8 Å². The van der Waals surface area contributed by atoms with E-state index in [4.69, 9.17) is 5.73 Å². The van der Waals surface area contributed by atoms with Crippen LogP contribution in [0.15, 0.2) is 0 Å². The van der Waals surface area contributed by atoms with Gasteiger partial charge in [0, 0.05) is 32.7 Å². The van der Waals surface area contributed by atoms with Crippen LogP contribution >= 0.6 is 0 Å². The molecule has 0 saturated carbocycles. The van der Waals surface area contributed by atoms with Gasteiger partial charge < -0.3 is 15.5 Å². The number of amides is 1. The molecule has 1 heterocycles. The largest absolute Gasteiger partial charge is 0.342 e. The fraction of sp³-hybridized carbons (Fsp3) is 0.933. The summed E-state index contributed by atoms with van der Waals surface area (Å²) in [7, 11) is 1.96. The summed E-state index contributed by atoms with van der Waals surface area (Å²) in [5.41, 5.74) is 5.73. The Labute approximate surface area is 118 Å². The molecule has 4 nitrogen and oxygen atoms in total. The average molecular weight is 269 g/mol. The van der Waals surface area contributed by atoms with Gasteiger partial charge in [0.05, 0.1) is 5.92 Å². The van der Waals surface area contributed by atoms with Crippen LogP contribution in [0.25, 0.3) is 0 Å². The second-order valence-electron chi connectivity index (χ2n) is 5.74. The van der Waals surface area contributed by atoms with Gasteiger partial charge in [-0.25, -0.2) is 0 Å². The number of nitrogens with two attached hydrogens (primary N) is 1. The third-order valence-corrected chi connectivity index (χ3v) is 4.26. The molecule has 0 radical (unpaired) electrons. The highest BCUT2D eigenvalue weighted by Gasteiger charge is 2.28. The van der Waals surface area contributed by atoms with Gasteiger partial charge in [-0.3, -0.25) is 4.79 Å². The zero-order chi connectivity index (χ0) is 14.3. The van der Waals surface area contributed by atoms with Crippen LogP contribution in [0.4, 0.5) is 0 Å². The van der Waals surface area contributed by atoms with Crippen molar-refractivity contribution < 1.29 is 4.79 Å². The Hall–Kier alpha value is -0.610. The molecule has 1 unspecified atom stereocenters. The van der Waals surface area contributed by atoms with Crippen molar-refractivity contribution >= 4 is 5.91 Å². The Morgan fingerprint density at radius 2 is 1.95 bits per heavy atom. The lowest BCUT2D eigenvalue weighted by Gasteiger charge is -2.37. The first kappa shape index (κ1) is 16.4. The maximum absolute atomic E-state index is 12.4. The maximum atomic E-state index is 12.4. The molecule has 0 bridgehead atoms. The van der Waals surface area contributed by atoms with Crippen LogP contribution in [0.1, 0.15) is 46.0 Å². The van der Waals surface area contributed by atoms with Gasteiger partial charge >= 0.3 is 0 Å². The van der Waals surface area contributed by atoms with E-state index >= 15 is 0 Å². The molecule has 0 aliphatic carbocycles. The molecule has 1 atom stereocenters. The number of hydrogen-bond acceptors (Lipinski definition) is 3.